The number of thiazole rings is 1. The Morgan fingerprint density at radius 2 is 2.08 bits per heavy atom. The highest BCUT2D eigenvalue weighted by Crippen LogP contribution is 2.39. The number of hydrogen-bond acceptors (Lipinski definition) is 7. The number of pyridine rings is 1. The standard InChI is InChI=1S/C19H19N5OS/c1-11-9-16(14-6-7-14)23-19(21-11)25-24-13(3)17-12(2)22-18(26-17)15-5-4-8-20-10-15/h4-5,8-10,14H,6-7H2,1-3H3/b24-13+. The Bertz CT molecular complexity index is 963. The molecule has 0 N–H and O–H groups in total. The van der Waals surface area contributed by atoms with Crippen LogP contribution in [0, 0.1) is 13.8 Å². The second kappa shape index (κ2) is 6.92. The molecule has 1 aliphatic rings. The van der Waals surface area contributed by atoms with E-state index in [9.17, 15) is 0 Å². The zero-order chi connectivity index (χ0) is 18.1. The van der Waals surface area contributed by atoms with Crippen molar-refractivity contribution in [1.82, 2.24) is 19.9 Å². The molecule has 6 nitrogen and oxygen atoms in total. The fraction of sp³-hybridized carbons (Fsp3) is 0.316. The summed E-state index contributed by atoms with van der Waals surface area (Å²) in [5.41, 5.74) is 4.62. The van der Waals surface area contributed by atoms with Crippen LogP contribution in [0.25, 0.3) is 10.6 Å². The van der Waals surface area contributed by atoms with Crippen LogP contribution in [0.2, 0.25) is 0 Å². The van der Waals surface area contributed by atoms with Crippen molar-refractivity contribution < 1.29 is 4.84 Å². The third-order valence-electron chi connectivity index (χ3n) is 4.15. The quantitative estimate of drug-likeness (QED) is 0.498. The molecular formula is C19H19N5OS. The molecule has 0 spiro atoms. The summed E-state index contributed by atoms with van der Waals surface area (Å²) >= 11 is 1.57. The molecule has 0 saturated heterocycles. The second-order valence-corrected chi connectivity index (χ2v) is 7.43. The SMILES string of the molecule is C/C(=N\Oc1nc(C)cc(C2CC2)n1)c1sc(-c2cccnc2)nc1C. The van der Waals surface area contributed by atoms with Gasteiger partial charge in [-0.15, -0.1) is 11.3 Å². The normalized spacial score (nSPS) is 14.5. The van der Waals surface area contributed by atoms with Gasteiger partial charge < -0.3 is 4.84 Å². The van der Waals surface area contributed by atoms with Gasteiger partial charge in [-0.2, -0.15) is 9.97 Å². The number of rotatable bonds is 5. The first-order chi connectivity index (χ1) is 12.6. The lowest BCUT2D eigenvalue weighted by Crippen LogP contribution is -2.01. The smallest absolute Gasteiger partial charge is 0.315 e. The Morgan fingerprint density at radius 1 is 1.23 bits per heavy atom. The van der Waals surface area contributed by atoms with Gasteiger partial charge in [-0.3, -0.25) is 4.98 Å². The molecule has 0 aromatic carbocycles. The predicted octanol–water partition coefficient (Wildman–Crippen LogP) is 4.29. The highest BCUT2D eigenvalue weighted by Gasteiger charge is 2.26. The molecule has 7 heteroatoms. The number of hydrogen-bond donors (Lipinski definition) is 0. The third kappa shape index (κ3) is 3.62. The summed E-state index contributed by atoms with van der Waals surface area (Å²) in [6.45, 7) is 5.83. The molecule has 3 aromatic heterocycles. The highest BCUT2D eigenvalue weighted by molar-refractivity contribution is 7.17. The minimum atomic E-state index is 0.306. The van der Waals surface area contributed by atoms with Crippen molar-refractivity contribution in [2.75, 3.05) is 0 Å². The summed E-state index contributed by atoms with van der Waals surface area (Å²) in [5, 5.41) is 5.16. The van der Waals surface area contributed by atoms with Crippen LogP contribution in [-0.4, -0.2) is 25.6 Å². The number of nitrogens with zero attached hydrogens (tertiary/aromatic N) is 5. The van der Waals surface area contributed by atoms with Crippen molar-refractivity contribution in [3.63, 3.8) is 0 Å². The van der Waals surface area contributed by atoms with Gasteiger partial charge in [0.05, 0.1) is 22.0 Å². The van der Waals surface area contributed by atoms with Gasteiger partial charge in [0, 0.05) is 29.6 Å². The lowest BCUT2D eigenvalue weighted by Gasteiger charge is -2.03. The average Bonchev–Trinajstić information content (AvgIpc) is 3.42. The maximum Gasteiger partial charge on any atom is 0.346 e. The monoisotopic (exact) mass is 365 g/mol. The minimum absolute atomic E-state index is 0.306. The predicted molar refractivity (Wildman–Crippen MR) is 102 cm³/mol. The van der Waals surface area contributed by atoms with E-state index in [0.29, 0.717) is 11.9 Å². The van der Waals surface area contributed by atoms with Crippen LogP contribution >= 0.6 is 11.3 Å². The van der Waals surface area contributed by atoms with Crippen molar-refractivity contribution >= 4 is 17.0 Å². The average molecular weight is 365 g/mol. The molecule has 1 saturated carbocycles. The molecule has 4 rings (SSSR count). The fourth-order valence-corrected chi connectivity index (χ4v) is 3.68. The molecule has 132 valence electrons. The van der Waals surface area contributed by atoms with Crippen LogP contribution in [0.15, 0.2) is 35.7 Å². The Labute approximate surface area is 156 Å². The first-order valence-electron chi connectivity index (χ1n) is 8.55. The first kappa shape index (κ1) is 16.8. The molecular weight excluding hydrogens is 346 g/mol. The van der Waals surface area contributed by atoms with Crippen molar-refractivity contribution in [2.45, 2.75) is 39.5 Å². The number of aryl methyl sites for hydroxylation is 2. The Kier molecular flexibility index (Phi) is 4.46. The largest absolute Gasteiger partial charge is 0.346 e. The molecule has 0 atom stereocenters. The molecule has 26 heavy (non-hydrogen) atoms. The molecule has 0 amide bonds. The van der Waals surface area contributed by atoms with Crippen LogP contribution in [0.3, 0.4) is 0 Å². The Balaban J connectivity index is 1.56. The molecule has 1 aliphatic carbocycles. The fourth-order valence-electron chi connectivity index (χ4n) is 2.69. The van der Waals surface area contributed by atoms with Gasteiger partial charge in [0.25, 0.3) is 0 Å². The molecule has 0 unspecified atom stereocenters. The molecule has 0 aliphatic heterocycles. The molecule has 3 aromatic rings. The summed E-state index contributed by atoms with van der Waals surface area (Å²) in [7, 11) is 0. The lowest BCUT2D eigenvalue weighted by molar-refractivity contribution is 0.310. The van der Waals surface area contributed by atoms with Crippen LogP contribution in [-0.2, 0) is 0 Å². The third-order valence-corrected chi connectivity index (χ3v) is 5.46. The van der Waals surface area contributed by atoms with E-state index < -0.39 is 0 Å². The molecule has 1 fully saturated rings. The van der Waals surface area contributed by atoms with Crippen molar-refractivity contribution in [1.29, 1.82) is 0 Å². The van der Waals surface area contributed by atoms with E-state index in [-0.39, 0.29) is 0 Å². The van der Waals surface area contributed by atoms with E-state index in [1.54, 1.807) is 17.5 Å². The number of aromatic nitrogens is 4. The summed E-state index contributed by atoms with van der Waals surface area (Å²) in [6, 6.07) is 6.23. The second-order valence-electron chi connectivity index (χ2n) is 6.43. The van der Waals surface area contributed by atoms with E-state index in [2.05, 4.69) is 25.1 Å². The maximum absolute atomic E-state index is 5.52. The van der Waals surface area contributed by atoms with Crippen molar-refractivity contribution in [3.05, 3.63) is 52.6 Å². The highest BCUT2D eigenvalue weighted by atomic mass is 32.1. The molecule has 0 radical (unpaired) electrons. The summed E-state index contributed by atoms with van der Waals surface area (Å²) in [6.07, 6.45) is 5.94. The first-order valence-corrected chi connectivity index (χ1v) is 9.37. The summed E-state index contributed by atoms with van der Waals surface area (Å²) < 4.78 is 0. The van der Waals surface area contributed by atoms with Gasteiger partial charge in [0.1, 0.15) is 5.01 Å². The van der Waals surface area contributed by atoms with Gasteiger partial charge in [-0.05, 0) is 51.8 Å². The van der Waals surface area contributed by atoms with E-state index in [1.807, 2.05) is 45.2 Å². The summed E-state index contributed by atoms with van der Waals surface area (Å²) in [5.74, 6) is 0.551. The Hall–Kier alpha value is -2.67. The van der Waals surface area contributed by atoms with Crippen LogP contribution in [0.4, 0.5) is 0 Å². The van der Waals surface area contributed by atoms with E-state index in [4.69, 9.17) is 4.84 Å². The van der Waals surface area contributed by atoms with Gasteiger partial charge >= 0.3 is 6.01 Å². The van der Waals surface area contributed by atoms with Crippen molar-refractivity contribution in [2.24, 2.45) is 5.16 Å². The van der Waals surface area contributed by atoms with E-state index in [1.165, 1.54) is 12.8 Å². The van der Waals surface area contributed by atoms with Crippen LogP contribution in [0.1, 0.15) is 47.6 Å². The van der Waals surface area contributed by atoms with E-state index in [0.717, 1.165) is 38.2 Å². The van der Waals surface area contributed by atoms with Gasteiger partial charge in [0.2, 0.25) is 0 Å². The number of oxime groups is 1. The Morgan fingerprint density at radius 3 is 2.81 bits per heavy atom. The lowest BCUT2D eigenvalue weighted by atomic mass is 10.2. The topological polar surface area (TPSA) is 73.2 Å². The van der Waals surface area contributed by atoms with Gasteiger partial charge in [-0.1, -0.05) is 5.16 Å². The zero-order valence-corrected chi connectivity index (χ0v) is 15.7. The molecule has 0 bridgehead atoms. The van der Waals surface area contributed by atoms with Crippen LogP contribution in [0.5, 0.6) is 6.01 Å². The van der Waals surface area contributed by atoms with Crippen molar-refractivity contribution in [3.8, 4) is 16.6 Å². The summed E-state index contributed by atoms with van der Waals surface area (Å²) in [4.78, 5) is 24.1. The maximum atomic E-state index is 5.52. The van der Waals surface area contributed by atoms with Gasteiger partial charge in [0.15, 0.2) is 0 Å². The van der Waals surface area contributed by atoms with Crippen LogP contribution < -0.4 is 4.84 Å². The van der Waals surface area contributed by atoms with Gasteiger partial charge in [-0.25, -0.2) is 4.98 Å². The van der Waals surface area contributed by atoms with E-state index >= 15 is 0 Å². The minimum Gasteiger partial charge on any atom is -0.315 e. The zero-order valence-electron chi connectivity index (χ0n) is 14.9. The molecule has 3 heterocycles.